The molecular weight excluding hydrogens is 530 g/mol. The van der Waals surface area contributed by atoms with Crippen molar-refractivity contribution in [3.8, 4) is 0 Å². The molecule has 1 heterocycles. The lowest BCUT2D eigenvalue weighted by Gasteiger charge is -2.32. The molecule has 0 amide bonds. The number of fused-ring (bicyclic) bond motifs is 4. The highest BCUT2D eigenvalue weighted by Gasteiger charge is 2.26. The molecule has 1 aliphatic carbocycles. The minimum absolute atomic E-state index is 0.448. The maximum Gasteiger partial charge on any atom is 0.0488 e. The molecule has 0 fully saturated rings. The molecule has 5 aromatic rings. The Labute approximate surface area is 262 Å². The van der Waals surface area contributed by atoms with Gasteiger partial charge in [0.15, 0.2) is 0 Å². The number of aryl methyl sites for hydroxylation is 1. The van der Waals surface area contributed by atoms with E-state index in [0.29, 0.717) is 5.92 Å². The molecule has 218 valence electrons. The van der Waals surface area contributed by atoms with Crippen LogP contribution in [0.5, 0.6) is 0 Å². The first kappa shape index (κ1) is 28.2. The van der Waals surface area contributed by atoms with E-state index in [1.54, 1.807) is 0 Å². The Morgan fingerprint density at radius 1 is 0.682 bits per heavy atom. The number of allylic oxidation sites excluding steroid dienone is 7. The molecule has 0 atom stereocenters. The maximum atomic E-state index is 2.50. The fourth-order valence-corrected chi connectivity index (χ4v) is 7.88. The van der Waals surface area contributed by atoms with Crippen LogP contribution < -0.4 is 4.90 Å². The van der Waals surface area contributed by atoms with Crippen molar-refractivity contribution in [2.45, 2.75) is 47.5 Å². The Kier molecular flexibility index (Phi) is 7.13. The van der Waals surface area contributed by atoms with E-state index in [1.165, 1.54) is 88.6 Å². The van der Waals surface area contributed by atoms with Gasteiger partial charge in [-0.15, -0.1) is 0 Å². The van der Waals surface area contributed by atoms with Crippen LogP contribution >= 0.6 is 0 Å². The zero-order valence-electron chi connectivity index (χ0n) is 26.8. The zero-order chi connectivity index (χ0) is 30.5. The van der Waals surface area contributed by atoms with Crippen molar-refractivity contribution in [2.24, 2.45) is 5.92 Å². The van der Waals surface area contributed by atoms with Crippen molar-refractivity contribution in [3.05, 3.63) is 154 Å². The fraction of sp³-hybridized carbons (Fsp3) is 0.209. The van der Waals surface area contributed by atoms with Gasteiger partial charge in [-0.25, -0.2) is 0 Å². The highest BCUT2D eigenvalue weighted by Crippen LogP contribution is 2.47. The van der Waals surface area contributed by atoms with E-state index in [2.05, 4.69) is 156 Å². The second-order valence-electron chi connectivity index (χ2n) is 12.8. The van der Waals surface area contributed by atoms with Gasteiger partial charge in [-0.2, -0.15) is 0 Å². The Bertz CT molecular complexity index is 1970. The first-order valence-electron chi connectivity index (χ1n) is 16.0. The highest BCUT2D eigenvalue weighted by molar-refractivity contribution is 6.11. The van der Waals surface area contributed by atoms with Crippen molar-refractivity contribution in [3.63, 3.8) is 0 Å². The number of rotatable bonds is 4. The van der Waals surface area contributed by atoms with Gasteiger partial charge in [0.05, 0.1) is 0 Å². The molecule has 0 N–H and O–H groups in total. The third-order valence-corrected chi connectivity index (χ3v) is 9.77. The summed E-state index contributed by atoms with van der Waals surface area (Å²) < 4.78 is 0. The lowest BCUT2D eigenvalue weighted by Crippen LogP contribution is -2.18. The van der Waals surface area contributed by atoms with Gasteiger partial charge >= 0.3 is 0 Å². The number of nitrogens with zero attached hydrogens (tertiary/aromatic N) is 1. The highest BCUT2D eigenvalue weighted by atomic mass is 15.1. The quantitative estimate of drug-likeness (QED) is 0.194. The normalized spacial score (nSPS) is 16.0. The van der Waals surface area contributed by atoms with Crippen molar-refractivity contribution in [2.75, 3.05) is 11.9 Å². The lowest BCUT2D eigenvalue weighted by molar-refractivity contribution is 0.777. The molecule has 0 radical (unpaired) electrons. The standard InChI is InChI=1S/C43H41N/c1-27(2)41-31(25-28(3)42-35-17-9-7-15-33(35)30(5)34-16-8-10-18-36(34)42)23-24-32(41)26-29(4)43-37-19-11-13-21-39(37)44(6)40-22-14-12-20-38(40)43/h7-22,25-27H,23-24H2,1-6H3/b28-25+,32-26?. The molecule has 1 nitrogen and oxygen atoms in total. The summed E-state index contributed by atoms with van der Waals surface area (Å²) in [6.45, 7) is 11.6. The molecule has 0 saturated carbocycles. The minimum Gasteiger partial charge on any atom is -0.344 e. The molecule has 0 spiro atoms. The summed E-state index contributed by atoms with van der Waals surface area (Å²) in [5.41, 5.74) is 16.4. The monoisotopic (exact) mass is 571 g/mol. The summed E-state index contributed by atoms with van der Waals surface area (Å²) in [7, 11) is 2.18. The first-order valence-corrected chi connectivity index (χ1v) is 16.0. The SMILES string of the molecule is CC(C=C1CCC(/C=C(\C)c2c3ccccc3c(C)c3ccccc23)=C1C(C)C)=C1c2ccccc2N(C)c2ccccc21. The molecule has 2 aliphatic rings. The van der Waals surface area contributed by atoms with E-state index in [1.807, 2.05) is 0 Å². The molecule has 0 unspecified atom stereocenters. The van der Waals surface area contributed by atoms with Gasteiger partial charge in [-0.1, -0.05) is 111 Å². The molecule has 1 aliphatic heterocycles. The average Bonchev–Trinajstić information content (AvgIpc) is 3.43. The van der Waals surface area contributed by atoms with Crippen LogP contribution in [0.2, 0.25) is 0 Å². The summed E-state index contributed by atoms with van der Waals surface area (Å²) in [5, 5.41) is 5.39. The van der Waals surface area contributed by atoms with E-state index in [0.717, 1.165) is 12.8 Å². The van der Waals surface area contributed by atoms with Crippen molar-refractivity contribution in [1.82, 2.24) is 0 Å². The Hall–Kier alpha value is -4.62. The molecule has 0 saturated heterocycles. The van der Waals surface area contributed by atoms with Gasteiger partial charge in [0, 0.05) is 29.5 Å². The predicted molar refractivity (Wildman–Crippen MR) is 192 cm³/mol. The number of anilines is 2. The largest absolute Gasteiger partial charge is 0.344 e. The molecule has 0 bridgehead atoms. The van der Waals surface area contributed by atoms with Gasteiger partial charge < -0.3 is 4.90 Å². The third-order valence-electron chi connectivity index (χ3n) is 9.77. The predicted octanol–water partition coefficient (Wildman–Crippen LogP) is 12.0. The topological polar surface area (TPSA) is 3.24 Å². The molecule has 7 rings (SSSR count). The maximum absolute atomic E-state index is 2.50. The second-order valence-corrected chi connectivity index (χ2v) is 12.8. The van der Waals surface area contributed by atoms with Gasteiger partial charge in [0.2, 0.25) is 0 Å². The van der Waals surface area contributed by atoms with E-state index in [4.69, 9.17) is 0 Å². The van der Waals surface area contributed by atoms with E-state index < -0.39 is 0 Å². The zero-order valence-corrected chi connectivity index (χ0v) is 26.8. The van der Waals surface area contributed by atoms with Gasteiger partial charge in [0.1, 0.15) is 0 Å². The number of hydrogen-bond donors (Lipinski definition) is 0. The summed E-state index contributed by atoms with van der Waals surface area (Å²) >= 11 is 0. The third kappa shape index (κ3) is 4.54. The van der Waals surface area contributed by atoms with E-state index >= 15 is 0 Å². The van der Waals surface area contributed by atoms with Crippen LogP contribution in [0.25, 0.3) is 32.7 Å². The van der Waals surface area contributed by atoms with E-state index in [9.17, 15) is 0 Å². The van der Waals surface area contributed by atoms with Gasteiger partial charge in [-0.05, 0) is 118 Å². The van der Waals surface area contributed by atoms with Crippen molar-refractivity contribution in [1.29, 1.82) is 0 Å². The van der Waals surface area contributed by atoms with Crippen LogP contribution in [-0.4, -0.2) is 7.05 Å². The Morgan fingerprint density at radius 2 is 1.18 bits per heavy atom. The Balaban J connectivity index is 1.39. The fourth-order valence-electron chi connectivity index (χ4n) is 7.88. The molecular formula is C43H41N. The van der Waals surface area contributed by atoms with Crippen LogP contribution in [0.4, 0.5) is 11.4 Å². The van der Waals surface area contributed by atoms with Crippen LogP contribution in [0.1, 0.15) is 62.8 Å². The van der Waals surface area contributed by atoms with Gasteiger partial charge in [-0.3, -0.25) is 0 Å². The lowest BCUT2D eigenvalue weighted by atomic mass is 9.85. The summed E-state index contributed by atoms with van der Waals surface area (Å²) in [5.74, 6) is 0.448. The van der Waals surface area contributed by atoms with Gasteiger partial charge in [0.25, 0.3) is 0 Å². The van der Waals surface area contributed by atoms with Crippen LogP contribution in [0, 0.1) is 12.8 Å². The smallest absolute Gasteiger partial charge is 0.0488 e. The number of para-hydroxylation sites is 2. The van der Waals surface area contributed by atoms with Crippen LogP contribution in [0.3, 0.4) is 0 Å². The first-order chi connectivity index (χ1) is 21.3. The van der Waals surface area contributed by atoms with E-state index in [-0.39, 0.29) is 0 Å². The molecule has 0 aromatic heterocycles. The van der Waals surface area contributed by atoms with Crippen LogP contribution in [-0.2, 0) is 0 Å². The van der Waals surface area contributed by atoms with Crippen molar-refractivity contribution >= 4 is 44.1 Å². The summed E-state index contributed by atoms with van der Waals surface area (Å²) in [6.07, 6.45) is 7.16. The molecule has 1 heteroatoms. The minimum atomic E-state index is 0.448. The number of hydrogen-bond acceptors (Lipinski definition) is 1. The second kappa shape index (κ2) is 11.1. The molecule has 5 aromatic carbocycles. The molecule has 44 heavy (non-hydrogen) atoms. The summed E-state index contributed by atoms with van der Waals surface area (Å²) in [6, 6.07) is 35.5. The Morgan fingerprint density at radius 3 is 1.73 bits per heavy atom. The summed E-state index contributed by atoms with van der Waals surface area (Å²) in [4.78, 5) is 2.33. The van der Waals surface area contributed by atoms with Crippen LogP contribution in [0.15, 0.2) is 132 Å². The van der Waals surface area contributed by atoms with Crippen molar-refractivity contribution < 1.29 is 0 Å². The number of benzene rings is 5. The average molecular weight is 572 g/mol.